The van der Waals surface area contributed by atoms with Crippen molar-refractivity contribution in [2.75, 3.05) is 14.1 Å². The summed E-state index contributed by atoms with van der Waals surface area (Å²) in [6, 6.07) is 0. The minimum atomic E-state index is 0.0763. The SMILES string of the molecule is CN(C)/C=N/C1N=CSS1. The van der Waals surface area contributed by atoms with Crippen LogP contribution in [-0.4, -0.2) is 36.4 Å². The smallest absolute Gasteiger partial charge is 0.198 e. The summed E-state index contributed by atoms with van der Waals surface area (Å²) in [5.41, 5.74) is 1.90. The third-order valence-electron chi connectivity index (χ3n) is 0.798. The Kier molecular flexibility index (Phi) is 3.08. The zero-order valence-electron chi connectivity index (χ0n) is 5.89. The highest BCUT2D eigenvalue weighted by Crippen LogP contribution is 2.31. The maximum absolute atomic E-state index is 4.17. The first kappa shape index (κ1) is 7.94. The van der Waals surface area contributed by atoms with Gasteiger partial charge in [-0.15, -0.1) is 0 Å². The molecular weight excluding hydrogens is 166 g/mol. The maximum Gasteiger partial charge on any atom is 0.198 e. The second-order valence-corrected chi connectivity index (χ2v) is 4.17. The molecule has 1 aliphatic rings. The second-order valence-electron chi connectivity index (χ2n) is 2.00. The van der Waals surface area contributed by atoms with E-state index in [0.29, 0.717) is 0 Å². The lowest BCUT2D eigenvalue weighted by Crippen LogP contribution is -2.09. The van der Waals surface area contributed by atoms with E-state index in [4.69, 9.17) is 0 Å². The summed E-state index contributed by atoms with van der Waals surface area (Å²) < 4.78 is 0. The van der Waals surface area contributed by atoms with E-state index in [9.17, 15) is 0 Å². The third kappa shape index (κ3) is 2.62. The molecular formula is C5H9N3S2. The molecule has 5 heteroatoms. The number of hydrogen-bond acceptors (Lipinski definition) is 4. The lowest BCUT2D eigenvalue weighted by Gasteiger charge is -2.03. The molecule has 1 aliphatic heterocycles. The Bertz CT molecular complexity index is 155. The summed E-state index contributed by atoms with van der Waals surface area (Å²) >= 11 is 0. The Morgan fingerprint density at radius 1 is 1.70 bits per heavy atom. The molecule has 1 rings (SSSR count). The molecule has 0 aromatic carbocycles. The van der Waals surface area contributed by atoms with Crippen LogP contribution in [0, 0.1) is 0 Å². The van der Waals surface area contributed by atoms with Crippen LogP contribution in [0.4, 0.5) is 0 Å². The average molecular weight is 175 g/mol. The van der Waals surface area contributed by atoms with Gasteiger partial charge in [-0.1, -0.05) is 0 Å². The van der Waals surface area contributed by atoms with E-state index >= 15 is 0 Å². The molecule has 0 spiro atoms. The zero-order valence-corrected chi connectivity index (χ0v) is 7.52. The summed E-state index contributed by atoms with van der Waals surface area (Å²) in [7, 11) is 7.17. The van der Waals surface area contributed by atoms with E-state index in [1.54, 1.807) is 27.9 Å². The minimum Gasteiger partial charge on any atom is -0.369 e. The summed E-state index contributed by atoms with van der Waals surface area (Å²) in [4.78, 5) is 10.2. The van der Waals surface area contributed by atoms with Gasteiger partial charge >= 0.3 is 0 Å². The van der Waals surface area contributed by atoms with Crippen molar-refractivity contribution >= 4 is 33.5 Å². The molecule has 1 heterocycles. The fourth-order valence-corrected chi connectivity index (χ4v) is 1.93. The van der Waals surface area contributed by atoms with Crippen LogP contribution in [0.5, 0.6) is 0 Å². The van der Waals surface area contributed by atoms with Gasteiger partial charge in [-0.25, -0.2) is 9.98 Å². The number of aliphatic imine (C=N–C) groups is 2. The van der Waals surface area contributed by atoms with Crippen LogP contribution < -0.4 is 0 Å². The van der Waals surface area contributed by atoms with Gasteiger partial charge in [-0.3, -0.25) is 0 Å². The Balaban J connectivity index is 2.30. The van der Waals surface area contributed by atoms with Crippen LogP contribution in [0.2, 0.25) is 0 Å². The molecule has 10 heavy (non-hydrogen) atoms. The fraction of sp³-hybridized carbons (Fsp3) is 0.600. The molecule has 0 saturated carbocycles. The molecule has 0 radical (unpaired) electrons. The lowest BCUT2D eigenvalue weighted by atomic mass is 10.9. The van der Waals surface area contributed by atoms with Gasteiger partial charge in [0.15, 0.2) is 5.50 Å². The van der Waals surface area contributed by atoms with Crippen molar-refractivity contribution in [2.24, 2.45) is 9.98 Å². The molecule has 0 aromatic heterocycles. The standard InChI is InChI=1S/C5H9N3S2/c1-8(2)3-6-5-7-4-9-10-5/h3-5H,1-2H3/b6-3+. The molecule has 0 N–H and O–H groups in total. The highest BCUT2D eigenvalue weighted by molar-refractivity contribution is 8.82. The summed E-state index contributed by atoms with van der Waals surface area (Å²) in [6.07, 6.45) is 1.78. The van der Waals surface area contributed by atoms with Crippen molar-refractivity contribution in [3.05, 3.63) is 0 Å². The molecule has 0 amide bonds. The van der Waals surface area contributed by atoms with Crippen molar-refractivity contribution in [2.45, 2.75) is 5.50 Å². The Hall–Kier alpha value is -0.160. The monoisotopic (exact) mass is 175 g/mol. The molecule has 0 aromatic rings. The van der Waals surface area contributed by atoms with E-state index in [0.717, 1.165) is 0 Å². The third-order valence-corrected chi connectivity index (χ3v) is 2.64. The van der Waals surface area contributed by atoms with Crippen LogP contribution in [0.15, 0.2) is 9.98 Å². The van der Waals surface area contributed by atoms with Gasteiger partial charge in [0, 0.05) is 14.1 Å². The molecule has 0 fully saturated rings. The summed E-state index contributed by atoms with van der Waals surface area (Å²) in [5, 5.41) is 0. The van der Waals surface area contributed by atoms with E-state index in [1.807, 2.05) is 24.5 Å². The van der Waals surface area contributed by atoms with Crippen LogP contribution in [-0.2, 0) is 0 Å². The van der Waals surface area contributed by atoms with Gasteiger partial charge in [-0.05, 0) is 21.6 Å². The van der Waals surface area contributed by atoms with Gasteiger partial charge in [0.25, 0.3) is 0 Å². The first-order valence-corrected chi connectivity index (χ1v) is 5.10. The molecule has 0 aliphatic carbocycles. The quantitative estimate of drug-likeness (QED) is 0.359. The molecule has 1 unspecified atom stereocenters. The predicted octanol–water partition coefficient (Wildman–Crippen LogP) is 1.28. The fourth-order valence-electron chi connectivity index (χ4n) is 0.430. The number of rotatable bonds is 2. The normalized spacial score (nSPS) is 24.4. The van der Waals surface area contributed by atoms with Crippen molar-refractivity contribution in [1.29, 1.82) is 0 Å². The summed E-state index contributed by atoms with van der Waals surface area (Å²) in [6.45, 7) is 0. The lowest BCUT2D eigenvalue weighted by molar-refractivity contribution is 0.638. The molecule has 0 saturated heterocycles. The van der Waals surface area contributed by atoms with Crippen LogP contribution >= 0.6 is 21.6 Å². The molecule has 3 nitrogen and oxygen atoms in total. The topological polar surface area (TPSA) is 28.0 Å². The Morgan fingerprint density at radius 3 is 3.00 bits per heavy atom. The largest absolute Gasteiger partial charge is 0.369 e. The van der Waals surface area contributed by atoms with Crippen molar-refractivity contribution in [1.82, 2.24) is 4.90 Å². The van der Waals surface area contributed by atoms with Gasteiger partial charge in [0.05, 0.1) is 11.9 Å². The first-order valence-electron chi connectivity index (χ1n) is 2.82. The van der Waals surface area contributed by atoms with E-state index in [1.165, 1.54) is 0 Å². The molecule has 56 valence electrons. The van der Waals surface area contributed by atoms with Crippen molar-refractivity contribution in [3.8, 4) is 0 Å². The second kappa shape index (κ2) is 3.88. The Morgan fingerprint density at radius 2 is 2.50 bits per heavy atom. The molecule has 0 bridgehead atoms. The first-order chi connectivity index (χ1) is 4.79. The van der Waals surface area contributed by atoms with E-state index in [-0.39, 0.29) is 5.50 Å². The van der Waals surface area contributed by atoms with Crippen molar-refractivity contribution in [3.63, 3.8) is 0 Å². The minimum absolute atomic E-state index is 0.0763. The highest BCUT2D eigenvalue weighted by atomic mass is 33.1. The van der Waals surface area contributed by atoms with Gasteiger partial charge in [0.1, 0.15) is 0 Å². The Labute approximate surface area is 68.4 Å². The van der Waals surface area contributed by atoms with Crippen LogP contribution in [0.1, 0.15) is 0 Å². The maximum atomic E-state index is 4.17. The van der Waals surface area contributed by atoms with Crippen molar-refractivity contribution < 1.29 is 0 Å². The van der Waals surface area contributed by atoms with E-state index < -0.39 is 0 Å². The molecule has 1 atom stereocenters. The van der Waals surface area contributed by atoms with Gasteiger partial charge in [-0.2, -0.15) is 0 Å². The zero-order chi connectivity index (χ0) is 7.40. The summed E-state index contributed by atoms with van der Waals surface area (Å²) in [5.74, 6) is 0. The van der Waals surface area contributed by atoms with E-state index in [2.05, 4.69) is 9.98 Å². The number of hydrogen-bond donors (Lipinski definition) is 0. The predicted molar refractivity (Wildman–Crippen MR) is 49.6 cm³/mol. The van der Waals surface area contributed by atoms with Gasteiger partial charge < -0.3 is 4.90 Å². The van der Waals surface area contributed by atoms with Crippen LogP contribution in [0.25, 0.3) is 0 Å². The van der Waals surface area contributed by atoms with Gasteiger partial charge in [0.2, 0.25) is 0 Å². The van der Waals surface area contributed by atoms with Crippen LogP contribution in [0.3, 0.4) is 0 Å². The average Bonchev–Trinajstić information content (AvgIpc) is 2.34. The number of nitrogens with zero attached hydrogens (tertiary/aromatic N) is 3. The highest BCUT2D eigenvalue weighted by Gasteiger charge is 2.07.